The zero-order valence-corrected chi connectivity index (χ0v) is 16.0. The van der Waals surface area contributed by atoms with Crippen LogP contribution < -0.4 is 0 Å². The van der Waals surface area contributed by atoms with E-state index in [4.69, 9.17) is 0 Å². The zero-order chi connectivity index (χ0) is 18.4. The first-order valence-electron chi connectivity index (χ1n) is 10.7. The largest absolute Gasteiger partial charge is 0.354 e. The normalized spacial score (nSPS) is 23.7. The van der Waals surface area contributed by atoms with E-state index >= 15 is 0 Å². The van der Waals surface area contributed by atoms with Crippen LogP contribution in [-0.2, 0) is 0 Å². The lowest BCUT2D eigenvalue weighted by Crippen LogP contribution is -2.68. The molecule has 0 radical (unpaired) electrons. The third-order valence-electron chi connectivity index (χ3n) is 7.31. The summed E-state index contributed by atoms with van der Waals surface area (Å²) in [4.78, 5) is 28.2. The highest BCUT2D eigenvalue weighted by atomic mass is 16.2. The van der Waals surface area contributed by atoms with Crippen LogP contribution in [0.25, 0.3) is 10.8 Å². The van der Waals surface area contributed by atoms with Crippen molar-refractivity contribution < 1.29 is 14.1 Å². The van der Waals surface area contributed by atoms with Gasteiger partial charge >= 0.3 is 11.8 Å². The van der Waals surface area contributed by atoms with Gasteiger partial charge in [0, 0.05) is 25.7 Å². The van der Waals surface area contributed by atoms with Crippen LogP contribution in [0.5, 0.6) is 0 Å². The molecule has 0 saturated heterocycles. The summed E-state index contributed by atoms with van der Waals surface area (Å²) in [6.07, 6.45) is 11.0. The van der Waals surface area contributed by atoms with Gasteiger partial charge in [0.2, 0.25) is 0 Å². The molecule has 3 aliphatic heterocycles. The average molecular weight is 362 g/mol. The fourth-order valence-corrected chi connectivity index (χ4v) is 5.97. The Morgan fingerprint density at radius 2 is 1.00 bits per heavy atom. The van der Waals surface area contributed by atoms with Gasteiger partial charge < -0.3 is 0 Å². The van der Waals surface area contributed by atoms with Crippen LogP contribution in [0.4, 0.5) is 0 Å². The number of carbonyl (C=O) groups excluding carboxylic acids is 2. The Morgan fingerprint density at radius 1 is 0.593 bits per heavy atom. The van der Waals surface area contributed by atoms with Crippen LogP contribution in [0.2, 0.25) is 0 Å². The highest BCUT2D eigenvalue weighted by molar-refractivity contribution is 6.07. The molecule has 2 aromatic carbocycles. The molecule has 2 aliphatic carbocycles. The Labute approximate surface area is 160 Å². The first-order valence-corrected chi connectivity index (χ1v) is 10.7. The Bertz CT molecular complexity index is 828. The number of imide groups is 1. The van der Waals surface area contributed by atoms with E-state index in [0.717, 1.165) is 73.3 Å². The van der Waals surface area contributed by atoms with Crippen molar-refractivity contribution in [2.24, 2.45) is 0 Å². The molecule has 3 nitrogen and oxygen atoms in total. The second-order valence-corrected chi connectivity index (χ2v) is 8.75. The summed E-state index contributed by atoms with van der Waals surface area (Å²) in [5, 5.41) is 2.12. The summed E-state index contributed by atoms with van der Waals surface area (Å²) in [5.74, 6) is 0.117. The first kappa shape index (κ1) is 17.1. The van der Waals surface area contributed by atoms with Crippen molar-refractivity contribution in [3.8, 4) is 0 Å². The number of amides is 2. The molecule has 3 heterocycles. The second kappa shape index (κ2) is 6.56. The number of hydrogen-bond acceptors (Lipinski definition) is 2. The summed E-state index contributed by atoms with van der Waals surface area (Å²) in [5.41, 5.74) is 1.44. The fraction of sp³-hybridized carbons (Fsp3) is 0.500. The van der Waals surface area contributed by atoms with Crippen molar-refractivity contribution in [2.45, 2.75) is 76.3 Å². The number of hydrogen-bond donors (Lipinski definition) is 0. The van der Waals surface area contributed by atoms with E-state index in [1.807, 2.05) is 36.4 Å². The molecule has 0 spiro atoms. The molecule has 7 rings (SSSR count). The fourth-order valence-electron chi connectivity index (χ4n) is 5.97. The number of benzene rings is 2. The lowest BCUT2D eigenvalue weighted by Gasteiger charge is -2.47. The SMILES string of the molecule is O=C1c2ccc3cc(ccc3c2)C(=O)[N+]1(C1CCCCC1)C1CCCCC1. The quantitative estimate of drug-likeness (QED) is 0.513. The maximum atomic E-state index is 14.1. The first-order chi connectivity index (χ1) is 13.2. The Balaban J connectivity index is 1.76. The lowest BCUT2D eigenvalue weighted by molar-refractivity contribution is -0.824. The van der Waals surface area contributed by atoms with Crippen LogP contribution in [0.15, 0.2) is 36.4 Å². The molecular formula is C24H28NO2+. The Hall–Kier alpha value is -2.00. The number of rotatable bonds is 2. The number of carbonyl (C=O) groups is 2. The molecule has 4 bridgehead atoms. The predicted octanol–water partition coefficient (Wildman–Crippen LogP) is 5.62. The summed E-state index contributed by atoms with van der Waals surface area (Å²) in [6.45, 7) is 0. The third kappa shape index (κ3) is 2.51. The van der Waals surface area contributed by atoms with Crippen LogP contribution in [-0.4, -0.2) is 28.4 Å². The van der Waals surface area contributed by atoms with Crippen molar-refractivity contribution in [3.05, 3.63) is 47.5 Å². The molecule has 2 amide bonds. The Morgan fingerprint density at radius 3 is 1.41 bits per heavy atom. The van der Waals surface area contributed by atoms with E-state index in [9.17, 15) is 9.59 Å². The minimum atomic E-state index is 0.0584. The summed E-state index contributed by atoms with van der Waals surface area (Å²) in [6, 6.07) is 12.2. The van der Waals surface area contributed by atoms with Crippen LogP contribution in [0, 0.1) is 0 Å². The molecule has 0 aromatic heterocycles. The van der Waals surface area contributed by atoms with Gasteiger partial charge in [-0.1, -0.05) is 25.0 Å². The zero-order valence-electron chi connectivity index (χ0n) is 16.0. The Kier molecular flexibility index (Phi) is 4.16. The van der Waals surface area contributed by atoms with Crippen molar-refractivity contribution in [1.29, 1.82) is 0 Å². The molecule has 3 heteroatoms. The van der Waals surface area contributed by atoms with Gasteiger partial charge in [0.1, 0.15) is 12.1 Å². The van der Waals surface area contributed by atoms with Crippen molar-refractivity contribution in [3.63, 3.8) is 0 Å². The predicted molar refractivity (Wildman–Crippen MR) is 107 cm³/mol. The average Bonchev–Trinajstić information content (AvgIpc) is 2.82. The van der Waals surface area contributed by atoms with Gasteiger partial charge in [0.05, 0.1) is 11.1 Å². The summed E-state index contributed by atoms with van der Waals surface area (Å²) in [7, 11) is 0. The molecule has 0 unspecified atom stereocenters. The lowest BCUT2D eigenvalue weighted by atomic mass is 9.84. The van der Waals surface area contributed by atoms with E-state index < -0.39 is 0 Å². The molecule has 2 fully saturated rings. The van der Waals surface area contributed by atoms with Gasteiger partial charge in [-0.05, 0) is 60.7 Å². The van der Waals surface area contributed by atoms with Crippen LogP contribution in [0.1, 0.15) is 84.9 Å². The molecule has 5 aliphatic rings. The number of nitrogens with zero attached hydrogens (tertiary/aromatic N) is 1. The van der Waals surface area contributed by atoms with E-state index in [0.29, 0.717) is 0 Å². The van der Waals surface area contributed by atoms with E-state index in [-0.39, 0.29) is 28.4 Å². The summed E-state index contributed by atoms with van der Waals surface area (Å²) < 4.78 is 0.0624. The highest BCUT2D eigenvalue weighted by Crippen LogP contribution is 2.41. The number of fused-ring (bicyclic) bond motifs is 2. The minimum absolute atomic E-state index is 0.0584. The molecule has 0 atom stereocenters. The minimum Gasteiger partial charge on any atom is -0.225 e. The van der Waals surface area contributed by atoms with Crippen molar-refractivity contribution >= 4 is 22.6 Å². The van der Waals surface area contributed by atoms with E-state index in [1.165, 1.54) is 12.8 Å². The molecule has 2 aromatic rings. The second-order valence-electron chi connectivity index (χ2n) is 8.75. The van der Waals surface area contributed by atoms with Crippen molar-refractivity contribution in [2.75, 3.05) is 0 Å². The third-order valence-corrected chi connectivity index (χ3v) is 7.31. The maximum absolute atomic E-state index is 14.1. The van der Waals surface area contributed by atoms with Crippen LogP contribution in [0.3, 0.4) is 0 Å². The highest BCUT2D eigenvalue weighted by Gasteiger charge is 2.57. The standard InChI is InChI=1S/C24H28NO2/c26-23-19-13-11-17-15-20(14-12-18(17)16-19)24(27)25(23,21-7-3-1-4-8-21)22-9-5-2-6-10-22/h11-16,21-22H,1-10H2/q+1. The molecule has 2 saturated carbocycles. The van der Waals surface area contributed by atoms with Crippen LogP contribution >= 0.6 is 0 Å². The maximum Gasteiger partial charge on any atom is 0.354 e. The molecule has 140 valence electrons. The molecule has 0 N–H and O–H groups in total. The summed E-state index contributed by atoms with van der Waals surface area (Å²) >= 11 is 0. The smallest absolute Gasteiger partial charge is 0.225 e. The number of quaternary nitrogens is 1. The van der Waals surface area contributed by atoms with Crippen molar-refractivity contribution in [1.82, 2.24) is 0 Å². The monoisotopic (exact) mass is 362 g/mol. The van der Waals surface area contributed by atoms with Gasteiger partial charge in [0.25, 0.3) is 0 Å². The van der Waals surface area contributed by atoms with E-state index in [2.05, 4.69) is 0 Å². The van der Waals surface area contributed by atoms with Gasteiger partial charge in [0.15, 0.2) is 0 Å². The molecular weight excluding hydrogens is 334 g/mol. The van der Waals surface area contributed by atoms with Gasteiger partial charge in [-0.2, -0.15) is 4.48 Å². The molecule has 27 heavy (non-hydrogen) atoms. The van der Waals surface area contributed by atoms with Gasteiger partial charge in [-0.25, -0.2) is 9.59 Å². The van der Waals surface area contributed by atoms with Gasteiger partial charge in [-0.15, -0.1) is 0 Å². The van der Waals surface area contributed by atoms with Gasteiger partial charge in [-0.3, -0.25) is 0 Å². The topological polar surface area (TPSA) is 34.1 Å². The van der Waals surface area contributed by atoms with E-state index in [1.54, 1.807) is 0 Å².